The average molecular weight is 382 g/mol. The van der Waals surface area contributed by atoms with Crippen LogP contribution in [0.1, 0.15) is 23.7 Å². The Bertz CT molecular complexity index is 874. The number of nitro benzene ring substituents is 1. The van der Waals surface area contributed by atoms with E-state index in [9.17, 15) is 19.7 Å². The lowest BCUT2D eigenvalue weighted by Gasteiger charge is -2.36. The second-order valence-corrected chi connectivity index (χ2v) is 6.50. The first kappa shape index (κ1) is 19.3. The van der Waals surface area contributed by atoms with Crippen LogP contribution in [0.15, 0.2) is 48.5 Å². The first-order valence-electron chi connectivity index (χ1n) is 9.17. The normalized spacial score (nSPS) is 13.9. The van der Waals surface area contributed by atoms with E-state index in [1.54, 1.807) is 0 Å². The lowest BCUT2D eigenvalue weighted by atomic mass is 10.1. The van der Waals surface area contributed by atoms with Crippen LogP contribution in [0.25, 0.3) is 0 Å². The highest BCUT2D eigenvalue weighted by molar-refractivity contribution is 6.06. The molecule has 1 heterocycles. The van der Waals surface area contributed by atoms with Gasteiger partial charge in [0, 0.05) is 50.3 Å². The smallest absolute Gasteiger partial charge is 0.269 e. The number of hydrogen-bond donors (Lipinski definition) is 1. The lowest BCUT2D eigenvalue weighted by Crippen LogP contribution is -2.48. The molecular formula is C20H22N4O4. The van der Waals surface area contributed by atoms with Gasteiger partial charge in [0.2, 0.25) is 5.91 Å². The molecule has 8 nitrogen and oxygen atoms in total. The minimum absolute atomic E-state index is 0.0588. The van der Waals surface area contributed by atoms with Crippen LogP contribution in [0.4, 0.5) is 17.1 Å². The van der Waals surface area contributed by atoms with Crippen LogP contribution in [0.5, 0.6) is 0 Å². The number of para-hydroxylation sites is 2. The Kier molecular flexibility index (Phi) is 5.88. The van der Waals surface area contributed by atoms with Gasteiger partial charge in [0.05, 0.1) is 16.3 Å². The molecule has 28 heavy (non-hydrogen) atoms. The third-order valence-electron chi connectivity index (χ3n) is 4.77. The Morgan fingerprint density at radius 3 is 2.29 bits per heavy atom. The highest BCUT2D eigenvalue weighted by Crippen LogP contribution is 2.27. The number of nitrogens with zero attached hydrogens (tertiary/aromatic N) is 3. The molecule has 2 aromatic carbocycles. The number of carbonyl (C=O) groups excluding carboxylic acids is 2. The Hall–Kier alpha value is -3.42. The maximum absolute atomic E-state index is 12.6. The maximum Gasteiger partial charge on any atom is 0.269 e. The zero-order valence-corrected chi connectivity index (χ0v) is 15.6. The molecule has 0 radical (unpaired) electrons. The minimum atomic E-state index is -0.500. The number of benzene rings is 2. The van der Waals surface area contributed by atoms with Crippen molar-refractivity contribution < 1.29 is 14.5 Å². The molecule has 0 bridgehead atoms. The lowest BCUT2D eigenvalue weighted by molar-refractivity contribution is -0.384. The van der Waals surface area contributed by atoms with Gasteiger partial charge in [0.15, 0.2) is 0 Å². The molecule has 146 valence electrons. The molecule has 0 aromatic heterocycles. The molecule has 8 heteroatoms. The third-order valence-corrected chi connectivity index (χ3v) is 4.77. The zero-order chi connectivity index (χ0) is 20.1. The van der Waals surface area contributed by atoms with Crippen LogP contribution in [0.2, 0.25) is 0 Å². The molecule has 0 saturated carbocycles. The molecule has 0 spiro atoms. The van der Waals surface area contributed by atoms with Crippen LogP contribution in [0, 0.1) is 10.1 Å². The van der Waals surface area contributed by atoms with Crippen molar-refractivity contribution in [2.45, 2.75) is 13.3 Å². The first-order chi connectivity index (χ1) is 13.5. The SMILES string of the molecule is CCC(=O)N1CCN(c2ccccc2NC(=O)c2ccc([N+](=O)[O-])cc2)CC1. The molecule has 0 unspecified atom stereocenters. The highest BCUT2D eigenvalue weighted by Gasteiger charge is 2.22. The fourth-order valence-electron chi connectivity index (χ4n) is 3.20. The second kappa shape index (κ2) is 8.51. The molecule has 1 fully saturated rings. The molecule has 2 aromatic rings. The van der Waals surface area contributed by atoms with Crippen LogP contribution in [-0.2, 0) is 4.79 Å². The fraction of sp³-hybridized carbons (Fsp3) is 0.300. The van der Waals surface area contributed by atoms with Crippen molar-refractivity contribution in [1.29, 1.82) is 0 Å². The quantitative estimate of drug-likeness (QED) is 0.634. The van der Waals surface area contributed by atoms with Crippen LogP contribution in [0.3, 0.4) is 0 Å². The summed E-state index contributed by atoms with van der Waals surface area (Å²) in [6.45, 7) is 4.54. The predicted molar refractivity (Wildman–Crippen MR) is 107 cm³/mol. The van der Waals surface area contributed by atoms with E-state index in [0.717, 1.165) is 5.69 Å². The van der Waals surface area contributed by atoms with Crippen molar-refractivity contribution in [1.82, 2.24) is 4.90 Å². The van der Waals surface area contributed by atoms with Gasteiger partial charge >= 0.3 is 0 Å². The number of anilines is 2. The summed E-state index contributed by atoms with van der Waals surface area (Å²) in [6.07, 6.45) is 0.502. The van der Waals surface area contributed by atoms with E-state index in [0.29, 0.717) is 43.9 Å². The summed E-state index contributed by atoms with van der Waals surface area (Å²) in [4.78, 5) is 38.7. The number of carbonyl (C=O) groups is 2. The Morgan fingerprint density at radius 1 is 1.04 bits per heavy atom. The Balaban J connectivity index is 1.71. The number of nitro groups is 1. The summed E-state index contributed by atoms with van der Waals surface area (Å²) in [7, 11) is 0. The van der Waals surface area contributed by atoms with Gasteiger partial charge in [-0.1, -0.05) is 19.1 Å². The van der Waals surface area contributed by atoms with Crippen molar-refractivity contribution in [2.24, 2.45) is 0 Å². The van der Waals surface area contributed by atoms with E-state index >= 15 is 0 Å². The van der Waals surface area contributed by atoms with E-state index in [1.165, 1.54) is 24.3 Å². The van der Waals surface area contributed by atoms with Gasteiger partial charge in [0.25, 0.3) is 11.6 Å². The van der Waals surface area contributed by atoms with Gasteiger partial charge in [0.1, 0.15) is 0 Å². The highest BCUT2D eigenvalue weighted by atomic mass is 16.6. The summed E-state index contributed by atoms with van der Waals surface area (Å²) in [5, 5.41) is 13.6. The number of nitrogens with one attached hydrogen (secondary N) is 1. The first-order valence-corrected chi connectivity index (χ1v) is 9.17. The number of amides is 2. The minimum Gasteiger partial charge on any atom is -0.366 e. The van der Waals surface area contributed by atoms with Gasteiger partial charge in [-0.2, -0.15) is 0 Å². The molecule has 1 saturated heterocycles. The van der Waals surface area contributed by atoms with E-state index < -0.39 is 4.92 Å². The van der Waals surface area contributed by atoms with Crippen molar-refractivity contribution in [3.05, 3.63) is 64.2 Å². The summed E-state index contributed by atoms with van der Waals surface area (Å²) in [5.41, 5.74) is 1.85. The van der Waals surface area contributed by atoms with Crippen LogP contribution in [-0.4, -0.2) is 47.8 Å². The molecule has 3 rings (SSSR count). The summed E-state index contributed by atoms with van der Waals surface area (Å²) < 4.78 is 0. The van der Waals surface area contributed by atoms with E-state index in [2.05, 4.69) is 10.2 Å². The molecular weight excluding hydrogens is 360 g/mol. The molecule has 1 aliphatic heterocycles. The van der Waals surface area contributed by atoms with Crippen molar-refractivity contribution >= 4 is 28.9 Å². The van der Waals surface area contributed by atoms with Gasteiger partial charge in [-0.15, -0.1) is 0 Å². The Labute approximate surface area is 162 Å². The summed E-state index contributed by atoms with van der Waals surface area (Å²) >= 11 is 0. The maximum atomic E-state index is 12.6. The monoisotopic (exact) mass is 382 g/mol. The molecule has 1 aliphatic rings. The van der Waals surface area contributed by atoms with E-state index in [-0.39, 0.29) is 17.5 Å². The third kappa shape index (κ3) is 4.28. The molecule has 2 amide bonds. The summed E-state index contributed by atoms with van der Waals surface area (Å²) in [6, 6.07) is 13.0. The summed E-state index contributed by atoms with van der Waals surface area (Å²) in [5.74, 6) is -0.179. The largest absolute Gasteiger partial charge is 0.366 e. The molecule has 0 aliphatic carbocycles. The predicted octanol–water partition coefficient (Wildman–Crippen LogP) is 2.91. The van der Waals surface area contributed by atoms with Gasteiger partial charge in [-0.05, 0) is 24.3 Å². The fourth-order valence-corrected chi connectivity index (χ4v) is 3.20. The number of piperazine rings is 1. The van der Waals surface area contributed by atoms with E-state index in [4.69, 9.17) is 0 Å². The average Bonchev–Trinajstić information content (AvgIpc) is 2.73. The van der Waals surface area contributed by atoms with Gasteiger partial charge in [-0.3, -0.25) is 19.7 Å². The van der Waals surface area contributed by atoms with Crippen molar-refractivity contribution in [3.8, 4) is 0 Å². The topological polar surface area (TPSA) is 95.8 Å². The van der Waals surface area contributed by atoms with Crippen molar-refractivity contribution in [3.63, 3.8) is 0 Å². The zero-order valence-electron chi connectivity index (χ0n) is 15.6. The number of hydrogen-bond acceptors (Lipinski definition) is 5. The molecule has 0 atom stereocenters. The van der Waals surface area contributed by atoms with E-state index in [1.807, 2.05) is 36.1 Å². The van der Waals surface area contributed by atoms with Crippen LogP contribution < -0.4 is 10.2 Å². The van der Waals surface area contributed by atoms with Gasteiger partial charge < -0.3 is 15.1 Å². The van der Waals surface area contributed by atoms with Crippen molar-refractivity contribution in [2.75, 3.05) is 36.4 Å². The van der Waals surface area contributed by atoms with Gasteiger partial charge in [-0.25, -0.2) is 0 Å². The second-order valence-electron chi connectivity index (χ2n) is 6.50. The number of rotatable bonds is 5. The van der Waals surface area contributed by atoms with Crippen LogP contribution >= 0.6 is 0 Å². The number of non-ortho nitro benzene ring substituents is 1. The Morgan fingerprint density at radius 2 is 1.68 bits per heavy atom. The standard InChI is InChI=1S/C20H22N4O4/c1-2-19(25)23-13-11-22(12-14-23)18-6-4-3-5-17(18)21-20(26)15-7-9-16(10-8-15)24(27)28/h3-10H,2,11-14H2,1H3,(H,21,26). The molecule has 1 N–H and O–H groups in total.